The molecule has 2 aliphatic rings. The molecule has 0 bridgehead atoms. The van der Waals surface area contributed by atoms with Crippen LogP contribution in [0.4, 0.5) is 0 Å². The highest BCUT2D eigenvalue weighted by atomic mass is 32.2. The van der Waals surface area contributed by atoms with E-state index >= 15 is 0 Å². The molecule has 8 nitrogen and oxygen atoms in total. The number of aromatic carboxylic acids is 1. The largest absolute Gasteiger partial charge is 0.478 e. The number of pyridine rings is 1. The molecule has 5 rings (SSSR count). The van der Waals surface area contributed by atoms with Crippen molar-refractivity contribution in [1.82, 2.24) is 14.6 Å². The number of carboxylic acid groups (broad SMARTS) is 1. The number of sulfonamides is 1. The summed E-state index contributed by atoms with van der Waals surface area (Å²) in [6.07, 6.45) is 3.19. The Morgan fingerprint density at radius 2 is 1.97 bits per heavy atom. The van der Waals surface area contributed by atoms with E-state index < -0.39 is 16.0 Å². The number of rotatable bonds is 6. The molecule has 1 amide bonds. The fourth-order valence-corrected chi connectivity index (χ4v) is 7.38. The Bertz CT molecular complexity index is 1410. The lowest BCUT2D eigenvalue weighted by atomic mass is 9.84. The summed E-state index contributed by atoms with van der Waals surface area (Å²) >= 11 is 1.58. The number of nitrogens with one attached hydrogen (secondary N) is 1. The number of piperidine rings is 1. The SMILES string of the molecule is CC1CCc2nc3ccc(S(=O)(=O)N4CCC(C(=O)NCc5cccs5)CC4)cc3c(C(=O)O)c2C1. The smallest absolute Gasteiger partial charge is 0.336 e. The molecule has 2 aromatic heterocycles. The Morgan fingerprint density at radius 1 is 1.19 bits per heavy atom. The summed E-state index contributed by atoms with van der Waals surface area (Å²) in [7, 11) is -3.84. The number of amides is 1. The molecule has 0 radical (unpaired) electrons. The van der Waals surface area contributed by atoms with Crippen molar-refractivity contribution in [2.75, 3.05) is 13.1 Å². The summed E-state index contributed by atoms with van der Waals surface area (Å²) < 4.78 is 28.3. The number of fused-ring (bicyclic) bond motifs is 2. The van der Waals surface area contributed by atoms with Crippen LogP contribution in [0.5, 0.6) is 0 Å². The van der Waals surface area contributed by atoms with Crippen molar-refractivity contribution >= 4 is 44.1 Å². The van der Waals surface area contributed by atoms with Crippen LogP contribution in [0.2, 0.25) is 0 Å². The number of thiophene rings is 1. The van der Waals surface area contributed by atoms with Gasteiger partial charge in [-0.15, -0.1) is 11.3 Å². The Morgan fingerprint density at radius 3 is 2.67 bits per heavy atom. The highest BCUT2D eigenvalue weighted by Crippen LogP contribution is 2.33. The van der Waals surface area contributed by atoms with E-state index in [4.69, 9.17) is 0 Å². The molecule has 3 heterocycles. The first-order valence-corrected chi connectivity index (χ1v) is 14.5. The molecule has 1 aromatic carbocycles. The summed E-state index contributed by atoms with van der Waals surface area (Å²) in [6, 6.07) is 8.48. The Labute approximate surface area is 214 Å². The predicted octanol–water partition coefficient (Wildman–Crippen LogP) is 3.84. The zero-order valence-electron chi connectivity index (χ0n) is 20.1. The summed E-state index contributed by atoms with van der Waals surface area (Å²) in [5.74, 6) is -0.992. The van der Waals surface area contributed by atoms with Gasteiger partial charge in [0.1, 0.15) is 0 Å². The van der Waals surface area contributed by atoms with Gasteiger partial charge in [-0.1, -0.05) is 13.0 Å². The molecule has 36 heavy (non-hydrogen) atoms. The molecule has 3 aromatic rings. The van der Waals surface area contributed by atoms with Crippen molar-refractivity contribution in [3.8, 4) is 0 Å². The average Bonchev–Trinajstić information content (AvgIpc) is 3.39. The van der Waals surface area contributed by atoms with Crippen LogP contribution in [0.1, 0.15) is 52.7 Å². The number of benzene rings is 1. The van der Waals surface area contributed by atoms with Gasteiger partial charge in [0, 0.05) is 35.0 Å². The van der Waals surface area contributed by atoms with Crippen LogP contribution in [0, 0.1) is 11.8 Å². The van der Waals surface area contributed by atoms with Crippen LogP contribution in [0.15, 0.2) is 40.6 Å². The number of carbonyl (C=O) groups excluding carboxylic acids is 1. The molecule has 1 unspecified atom stereocenters. The highest BCUT2D eigenvalue weighted by Gasteiger charge is 2.33. The van der Waals surface area contributed by atoms with E-state index in [0.29, 0.717) is 42.6 Å². The van der Waals surface area contributed by atoms with E-state index in [2.05, 4.69) is 17.2 Å². The normalized spacial score (nSPS) is 19.2. The monoisotopic (exact) mass is 527 g/mol. The van der Waals surface area contributed by atoms with E-state index in [1.165, 1.54) is 16.4 Å². The minimum absolute atomic E-state index is 0.0534. The average molecular weight is 528 g/mol. The molecular formula is C26H29N3O5S2. The van der Waals surface area contributed by atoms with Gasteiger partial charge in [-0.2, -0.15) is 4.31 Å². The predicted molar refractivity (Wildman–Crippen MR) is 138 cm³/mol. The standard InChI is InChI=1S/C26H29N3O5S2/c1-16-4-6-22-20(13-16)24(26(31)32)21-14-19(5-7-23(21)28-22)36(33,34)29-10-8-17(9-11-29)25(30)27-15-18-3-2-12-35-18/h2-3,5,7,12,14,16-17H,4,6,8-11,13,15H2,1H3,(H,27,30)(H,31,32). The van der Waals surface area contributed by atoms with Gasteiger partial charge in [-0.25, -0.2) is 13.2 Å². The van der Waals surface area contributed by atoms with E-state index in [9.17, 15) is 23.1 Å². The number of hydrogen-bond donors (Lipinski definition) is 2. The van der Waals surface area contributed by atoms with Gasteiger partial charge < -0.3 is 10.4 Å². The summed E-state index contributed by atoms with van der Waals surface area (Å²) in [4.78, 5) is 30.6. The van der Waals surface area contributed by atoms with Crippen molar-refractivity contribution in [1.29, 1.82) is 0 Å². The number of nitrogens with zero attached hydrogens (tertiary/aromatic N) is 2. The van der Waals surface area contributed by atoms with Gasteiger partial charge >= 0.3 is 5.97 Å². The number of carbonyl (C=O) groups is 2. The lowest BCUT2D eigenvalue weighted by Crippen LogP contribution is -2.42. The first kappa shape index (κ1) is 24.9. The maximum atomic E-state index is 13.5. The molecule has 1 atom stereocenters. The van der Waals surface area contributed by atoms with Crippen LogP contribution in [-0.4, -0.2) is 47.8 Å². The van der Waals surface area contributed by atoms with E-state index in [1.807, 2.05) is 17.5 Å². The maximum absolute atomic E-state index is 13.5. The molecule has 1 fully saturated rings. The van der Waals surface area contributed by atoms with Crippen molar-refractivity contribution in [3.63, 3.8) is 0 Å². The van der Waals surface area contributed by atoms with Crippen molar-refractivity contribution in [2.45, 2.75) is 50.5 Å². The molecule has 1 aliphatic carbocycles. The quantitative estimate of drug-likeness (QED) is 0.503. The molecule has 1 saturated heterocycles. The molecule has 1 aliphatic heterocycles. The van der Waals surface area contributed by atoms with Gasteiger partial charge in [-0.05, 0) is 73.2 Å². The van der Waals surface area contributed by atoms with Crippen LogP contribution in [0.3, 0.4) is 0 Å². The van der Waals surface area contributed by atoms with Crippen LogP contribution in [-0.2, 0) is 34.2 Å². The van der Waals surface area contributed by atoms with Crippen LogP contribution < -0.4 is 5.32 Å². The third-order valence-electron chi connectivity index (χ3n) is 7.26. The Hall–Kier alpha value is -2.82. The van der Waals surface area contributed by atoms with Gasteiger partial charge in [0.05, 0.1) is 22.5 Å². The van der Waals surface area contributed by atoms with Crippen molar-refractivity contribution in [2.24, 2.45) is 11.8 Å². The minimum Gasteiger partial charge on any atom is -0.478 e. The first-order valence-electron chi connectivity index (χ1n) is 12.2. The Balaban J connectivity index is 1.35. The Kier molecular flexibility index (Phi) is 6.84. The highest BCUT2D eigenvalue weighted by molar-refractivity contribution is 7.89. The number of aromatic nitrogens is 1. The first-order chi connectivity index (χ1) is 17.2. The summed E-state index contributed by atoms with van der Waals surface area (Å²) in [5, 5.41) is 15.3. The minimum atomic E-state index is -3.84. The zero-order chi connectivity index (χ0) is 25.4. The molecule has 0 saturated carbocycles. The number of hydrogen-bond acceptors (Lipinski definition) is 6. The van der Waals surface area contributed by atoms with Crippen LogP contribution >= 0.6 is 11.3 Å². The van der Waals surface area contributed by atoms with Crippen LogP contribution in [0.25, 0.3) is 10.9 Å². The fraction of sp³-hybridized carbons (Fsp3) is 0.423. The van der Waals surface area contributed by atoms with Gasteiger partial charge in [0.25, 0.3) is 0 Å². The lowest BCUT2D eigenvalue weighted by molar-refractivity contribution is -0.126. The molecule has 0 spiro atoms. The third kappa shape index (κ3) is 4.77. The summed E-state index contributed by atoms with van der Waals surface area (Å²) in [5.41, 5.74) is 2.19. The number of carboxylic acids is 1. The third-order valence-corrected chi connectivity index (χ3v) is 10.0. The maximum Gasteiger partial charge on any atom is 0.336 e. The van der Waals surface area contributed by atoms with E-state index in [1.54, 1.807) is 17.4 Å². The molecule has 10 heteroatoms. The van der Waals surface area contributed by atoms with Crippen molar-refractivity contribution < 1.29 is 23.1 Å². The summed E-state index contributed by atoms with van der Waals surface area (Å²) in [6.45, 7) is 3.05. The zero-order valence-corrected chi connectivity index (χ0v) is 21.7. The van der Waals surface area contributed by atoms with Gasteiger partial charge in [0.15, 0.2) is 0 Å². The molecular weight excluding hydrogens is 498 g/mol. The van der Waals surface area contributed by atoms with E-state index in [-0.39, 0.29) is 35.4 Å². The van der Waals surface area contributed by atoms with Gasteiger partial charge in [-0.3, -0.25) is 9.78 Å². The van der Waals surface area contributed by atoms with E-state index in [0.717, 1.165) is 29.0 Å². The number of aryl methyl sites for hydroxylation is 1. The molecule has 190 valence electrons. The fourth-order valence-electron chi connectivity index (χ4n) is 5.24. The van der Waals surface area contributed by atoms with Crippen molar-refractivity contribution in [3.05, 3.63) is 57.4 Å². The lowest BCUT2D eigenvalue weighted by Gasteiger charge is -2.30. The molecule has 2 N–H and O–H groups in total. The second-order valence-electron chi connectivity index (χ2n) is 9.72. The second kappa shape index (κ2) is 9.91. The second-order valence-corrected chi connectivity index (χ2v) is 12.7. The topological polar surface area (TPSA) is 117 Å². The van der Waals surface area contributed by atoms with Gasteiger partial charge in [0.2, 0.25) is 15.9 Å².